The van der Waals surface area contributed by atoms with Gasteiger partial charge in [-0.15, -0.1) is 0 Å². The van der Waals surface area contributed by atoms with Gasteiger partial charge in [0.15, 0.2) is 0 Å². The molecule has 0 atom stereocenters. The summed E-state index contributed by atoms with van der Waals surface area (Å²) in [4.78, 5) is 0. The molecule has 1 aliphatic heterocycles. The average molecular weight is 167 g/mol. The van der Waals surface area contributed by atoms with Crippen LogP contribution in [0.3, 0.4) is 0 Å². The summed E-state index contributed by atoms with van der Waals surface area (Å²) in [5, 5.41) is 8.09. The molecule has 0 bridgehead atoms. The molecule has 0 saturated heterocycles. The average Bonchev–Trinajstić information content (AvgIpc) is 2.88. The smallest absolute Gasteiger partial charge is 0.203 e. The van der Waals surface area contributed by atoms with E-state index in [9.17, 15) is 0 Å². The lowest BCUT2D eigenvalue weighted by atomic mass is 9.84. The van der Waals surface area contributed by atoms with E-state index >= 15 is 0 Å². The maximum absolute atomic E-state index is 5.60. The summed E-state index contributed by atoms with van der Waals surface area (Å²) in [6.45, 7) is 0.615. The van der Waals surface area contributed by atoms with E-state index < -0.39 is 0 Å². The van der Waals surface area contributed by atoms with Gasteiger partial charge in [-0.2, -0.15) is 10.2 Å². The van der Waals surface area contributed by atoms with E-state index in [2.05, 4.69) is 10.2 Å². The van der Waals surface area contributed by atoms with Crippen molar-refractivity contribution in [3.05, 3.63) is 0 Å². The van der Waals surface area contributed by atoms with Gasteiger partial charge in [0.1, 0.15) is 0 Å². The molecule has 2 rings (SSSR count). The van der Waals surface area contributed by atoms with E-state index in [1.807, 2.05) is 0 Å². The molecule has 0 spiro atoms. The van der Waals surface area contributed by atoms with Crippen molar-refractivity contribution >= 4 is 0 Å². The van der Waals surface area contributed by atoms with E-state index in [-0.39, 0.29) is 5.66 Å². The van der Waals surface area contributed by atoms with Crippen molar-refractivity contribution in [3.8, 4) is 0 Å². The molecule has 1 heterocycles. The second kappa shape index (κ2) is 3.13. The Balaban J connectivity index is 1.78. The monoisotopic (exact) mass is 167 g/mol. The van der Waals surface area contributed by atoms with Crippen molar-refractivity contribution in [2.24, 2.45) is 21.9 Å². The standard InChI is InChI=1S/C9H17N3/c10-7-9(11-12-9)6-8-4-2-1-3-5-8/h8H,1-7,10H2. The quantitative estimate of drug-likeness (QED) is 0.687. The molecule has 1 saturated carbocycles. The maximum atomic E-state index is 5.60. The fourth-order valence-electron chi connectivity index (χ4n) is 2.17. The highest BCUT2D eigenvalue weighted by molar-refractivity contribution is 4.96. The van der Waals surface area contributed by atoms with Crippen LogP contribution >= 0.6 is 0 Å². The molecule has 0 radical (unpaired) electrons. The molecule has 1 aliphatic carbocycles. The third-order valence-electron chi connectivity index (χ3n) is 3.05. The Labute approximate surface area is 73.4 Å². The van der Waals surface area contributed by atoms with Crippen molar-refractivity contribution in [1.29, 1.82) is 0 Å². The highest BCUT2D eigenvalue weighted by Crippen LogP contribution is 2.38. The Morgan fingerprint density at radius 2 is 1.83 bits per heavy atom. The Bertz CT molecular complexity index is 176. The van der Waals surface area contributed by atoms with E-state index in [0.29, 0.717) is 6.54 Å². The zero-order chi connectivity index (χ0) is 8.44. The topological polar surface area (TPSA) is 50.7 Å². The van der Waals surface area contributed by atoms with Crippen LogP contribution in [0.4, 0.5) is 0 Å². The summed E-state index contributed by atoms with van der Waals surface area (Å²) in [6.07, 6.45) is 8.06. The van der Waals surface area contributed by atoms with Crippen molar-refractivity contribution in [2.75, 3.05) is 6.54 Å². The van der Waals surface area contributed by atoms with Crippen LogP contribution in [0.1, 0.15) is 38.5 Å². The van der Waals surface area contributed by atoms with Gasteiger partial charge in [-0.1, -0.05) is 32.1 Å². The lowest BCUT2D eigenvalue weighted by molar-refractivity contribution is 0.304. The zero-order valence-electron chi connectivity index (χ0n) is 7.50. The first-order valence-electron chi connectivity index (χ1n) is 4.99. The number of nitrogens with zero attached hydrogens (tertiary/aromatic N) is 2. The number of nitrogens with two attached hydrogens (primary N) is 1. The number of hydrogen-bond acceptors (Lipinski definition) is 3. The molecule has 1 fully saturated rings. The predicted octanol–water partition coefficient (Wildman–Crippen LogP) is 2.08. The minimum Gasteiger partial charge on any atom is -0.326 e. The molecule has 2 aliphatic rings. The van der Waals surface area contributed by atoms with Crippen LogP contribution in [0.25, 0.3) is 0 Å². The van der Waals surface area contributed by atoms with Gasteiger partial charge in [0.25, 0.3) is 0 Å². The summed E-state index contributed by atoms with van der Waals surface area (Å²) >= 11 is 0. The molecule has 0 aromatic carbocycles. The SMILES string of the molecule is NCC1(CC2CCCCC2)N=N1. The summed E-state index contributed by atoms with van der Waals surface area (Å²) in [5.74, 6) is 0.845. The molecule has 0 amide bonds. The largest absolute Gasteiger partial charge is 0.326 e. The third-order valence-corrected chi connectivity index (χ3v) is 3.05. The van der Waals surface area contributed by atoms with Crippen LogP contribution in [0.5, 0.6) is 0 Å². The zero-order valence-corrected chi connectivity index (χ0v) is 7.50. The van der Waals surface area contributed by atoms with Crippen molar-refractivity contribution in [1.82, 2.24) is 0 Å². The van der Waals surface area contributed by atoms with Crippen LogP contribution in [0, 0.1) is 5.92 Å². The van der Waals surface area contributed by atoms with Gasteiger partial charge in [0.2, 0.25) is 5.66 Å². The molecule has 68 valence electrons. The van der Waals surface area contributed by atoms with Gasteiger partial charge >= 0.3 is 0 Å². The van der Waals surface area contributed by atoms with E-state index in [4.69, 9.17) is 5.73 Å². The second-order valence-electron chi connectivity index (χ2n) is 4.09. The van der Waals surface area contributed by atoms with Gasteiger partial charge in [-0.05, 0) is 5.92 Å². The van der Waals surface area contributed by atoms with Crippen LogP contribution in [-0.4, -0.2) is 12.2 Å². The van der Waals surface area contributed by atoms with Gasteiger partial charge in [0.05, 0.1) is 0 Å². The van der Waals surface area contributed by atoms with Crippen molar-refractivity contribution in [3.63, 3.8) is 0 Å². The minimum atomic E-state index is -0.123. The molecular formula is C9H17N3. The Kier molecular flexibility index (Phi) is 2.13. The lowest BCUT2D eigenvalue weighted by Gasteiger charge is -2.23. The van der Waals surface area contributed by atoms with Crippen LogP contribution in [-0.2, 0) is 0 Å². The molecular weight excluding hydrogens is 150 g/mol. The van der Waals surface area contributed by atoms with Crippen molar-refractivity contribution < 1.29 is 0 Å². The fraction of sp³-hybridized carbons (Fsp3) is 1.00. The molecule has 2 N–H and O–H groups in total. The maximum Gasteiger partial charge on any atom is 0.203 e. The summed E-state index contributed by atoms with van der Waals surface area (Å²) in [6, 6.07) is 0. The molecule has 12 heavy (non-hydrogen) atoms. The molecule has 0 unspecified atom stereocenters. The van der Waals surface area contributed by atoms with Crippen LogP contribution in [0.2, 0.25) is 0 Å². The molecule has 3 heteroatoms. The van der Waals surface area contributed by atoms with Crippen molar-refractivity contribution in [2.45, 2.75) is 44.2 Å². The Morgan fingerprint density at radius 3 is 2.33 bits per heavy atom. The van der Waals surface area contributed by atoms with E-state index in [1.165, 1.54) is 32.1 Å². The summed E-state index contributed by atoms with van der Waals surface area (Å²) in [5.41, 5.74) is 5.48. The highest BCUT2D eigenvalue weighted by atomic mass is 15.4. The van der Waals surface area contributed by atoms with Gasteiger partial charge in [0, 0.05) is 13.0 Å². The number of rotatable bonds is 3. The third kappa shape index (κ3) is 1.66. The lowest BCUT2D eigenvalue weighted by Crippen LogP contribution is -2.27. The Morgan fingerprint density at radius 1 is 1.17 bits per heavy atom. The van der Waals surface area contributed by atoms with Gasteiger partial charge in [-0.3, -0.25) is 0 Å². The fourth-order valence-corrected chi connectivity index (χ4v) is 2.17. The minimum absolute atomic E-state index is 0.123. The Hall–Kier alpha value is -0.440. The van der Waals surface area contributed by atoms with Crippen LogP contribution < -0.4 is 5.73 Å². The van der Waals surface area contributed by atoms with E-state index in [0.717, 1.165) is 12.3 Å². The molecule has 0 aromatic rings. The first-order valence-corrected chi connectivity index (χ1v) is 4.99. The molecule has 0 aromatic heterocycles. The highest BCUT2D eigenvalue weighted by Gasteiger charge is 2.40. The predicted molar refractivity (Wildman–Crippen MR) is 47.8 cm³/mol. The first kappa shape index (κ1) is 8.17. The van der Waals surface area contributed by atoms with Gasteiger partial charge in [-0.25, -0.2) is 0 Å². The number of hydrogen-bond donors (Lipinski definition) is 1. The first-order chi connectivity index (χ1) is 5.85. The normalized spacial score (nSPS) is 27.4. The summed E-state index contributed by atoms with van der Waals surface area (Å²) < 4.78 is 0. The van der Waals surface area contributed by atoms with Gasteiger partial charge < -0.3 is 5.73 Å². The van der Waals surface area contributed by atoms with E-state index in [1.54, 1.807) is 0 Å². The molecule has 3 nitrogen and oxygen atoms in total. The summed E-state index contributed by atoms with van der Waals surface area (Å²) in [7, 11) is 0. The van der Waals surface area contributed by atoms with Crippen LogP contribution in [0.15, 0.2) is 10.2 Å². The second-order valence-corrected chi connectivity index (χ2v) is 4.09.